The van der Waals surface area contributed by atoms with Crippen molar-refractivity contribution in [3.8, 4) is 5.69 Å². The molecule has 0 N–H and O–H groups in total. The standard InChI is InChI=1S/C18H16ClN5OS/c1-3-23(4-2)18-22-13-14-16(21-10-9-20-14)26-15(13)17(25)24(18)12-7-5-11(19)6-8-12/h5-10H,3-4H2,1-2H3. The van der Waals surface area contributed by atoms with Crippen molar-refractivity contribution < 1.29 is 0 Å². The second kappa shape index (κ2) is 6.66. The molecule has 132 valence electrons. The topological polar surface area (TPSA) is 63.9 Å². The largest absolute Gasteiger partial charge is 0.342 e. The van der Waals surface area contributed by atoms with Gasteiger partial charge in [-0.2, -0.15) is 0 Å². The Morgan fingerprint density at radius 2 is 1.77 bits per heavy atom. The van der Waals surface area contributed by atoms with Crippen LogP contribution in [0.3, 0.4) is 0 Å². The predicted octanol–water partition coefficient (Wildman–Crippen LogP) is 3.89. The zero-order chi connectivity index (χ0) is 18.3. The van der Waals surface area contributed by atoms with Gasteiger partial charge in [0.25, 0.3) is 5.56 Å². The van der Waals surface area contributed by atoms with E-state index >= 15 is 0 Å². The highest BCUT2D eigenvalue weighted by Gasteiger charge is 2.20. The summed E-state index contributed by atoms with van der Waals surface area (Å²) in [4.78, 5) is 29.7. The van der Waals surface area contributed by atoms with Gasteiger partial charge in [-0.25, -0.2) is 19.5 Å². The van der Waals surface area contributed by atoms with Crippen LogP contribution in [-0.4, -0.2) is 32.6 Å². The summed E-state index contributed by atoms with van der Waals surface area (Å²) in [6.07, 6.45) is 3.25. The van der Waals surface area contributed by atoms with Gasteiger partial charge in [0.1, 0.15) is 20.6 Å². The van der Waals surface area contributed by atoms with Crippen LogP contribution < -0.4 is 10.5 Å². The normalized spacial score (nSPS) is 11.3. The van der Waals surface area contributed by atoms with E-state index in [0.29, 0.717) is 31.5 Å². The van der Waals surface area contributed by atoms with Crippen LogP contribution in [0.4, 0.5) is 5.95 Å². The lowest BCUT2D eigenvalue weighted by molar-refractivity contribution is 0.787. The Bertz CT molecular complexity index is 1150. The summed E-state index contributed by atoms with van der Waals surface area (Å²) < 4.78 is 2.19. The van der Waals surface area contributed by atoms with Gasteiger partial charge in [-0.3, -0.25) is 4.79 Å². The van der Waals surface area contributed by atoms with Crippen LogP contribution in [0.25, 0.3) is 26.3 Å². The predicted molar refractivity (Wildman–Crippen MR) is 107 cm³/mol. The van der Waals surface area contributed by atoms with E-state index in [0.717, 1.165) is 18.8 Å². The first kappa shape index (κ1) is 16.9. The van der Waals surface area contributed by atoms with Crippen molar-refractivity contribution in [2.24, 2.45) is 0 Å². The molecule has 4 rings (SSSR count). The number of rotatable bonds is 4. The first-order chi connectivity index (χ1) is 12.6. The molecule has 6 nitrogen and oxygen atoms in total. The van der Waals surface area contributed by atoms with Crippen molar-refractivity contribution in [1.29, 1.82) is 0 Å². The fraction of sp³-hybridized carbons (Fsp3) is 0.222. The Hall–Kier alpha value is -2.51. The molecule has 0 amide bonds. The van der Waals surface area contributed by atoms with E-state index in [1.807, 2.05) is 26.0 Å². The number of thiophene rings is 1. The Morgan fingerprint density at radius 3 is 2.46 bits per heavy atom. The number of aromatic nitrogens is 4. The van der Waals surface area contributed by atoms with Crippen LogP contribution in [0.15, 0.2) is 41.5 Å². The maximum absolute atomic E-state index is 13.4. The molecule has 0 saturated heterocycles. The highest BCUT2D eigenvalue weighted by atomic mass is 35.5. The number of benzene rings is 1. The summed E-state index contributed by atoms with van der Waals surface area (Å²) >= 11 is 7.34. The number of anilines is 1. The molecule has 0 aliphatic heterocycles. The average Bonchev–Trinajstić information content (AvgIpc) is 3.03. The Kier molecular flexibility index (Phi) is 4.34. The van der Waals surface area contributed by atoms with Gasteiger partial charge in [-0.05, 0) is 38.1 Å². The fourth-order valence-electron chi connectivity index (χ4n) is 2.95. The molecule has 0 aliphatic carbocycles. The molecule has 0 radical (unpaired) electrons. The summed E-state index contributed by atoms with van der Waals surface area (Å²) in [5.41, 5.74) is 1.88. The first-order valence-corrected chi connectivity index (χ1v) is 9.50. The minimum absolute atomic E-state index is 0.121. The van der Waals surface area contributed by atoms with Crippen molar-refractivity contribution in [2.45, 2.75) is 13.8 Å². The van der Waals surface area contributed by atoms with Crippen LogP contribution >= 0.6 is 22.9 Å². The van der Waals surface area contributed by atoms with Gasteiger partial charge < -0.3 is 4.90 Å². The molecule has 3 heterocycles. The molecule has 0 unspecified atom stereocenters. The second-order valence-corrected chi connectivity index (χ2v) is 7.13. The van der Waals surface area contributed by atoms with Gasteiger partial charge in [-0.1, -0.05) is 11.6 Å². The Labute approximate surface area is 158 Å². The van der Waals surface area contributed by atoms with E-state index in [1.165, 1.54) is 11.3 Å². The van der Waals surface area contributed by atoms with Gasteiger partial charge in [0.15, 0.2) is 0 Å². The highest BCUT2D eigenvalue weighted by Crippen LogP contribution is 2.30. The van der Waals surface area contributed by atoms with E-state index in [-0.39, 0.29) is 5.56 Å². The van der Waals surface area contributed by atoms with Crippen molar-refractivity contribution >= 4 is 49.4 Å². The summed E-state index contributed by atoms with van der Waals surface area (Å²) in [5, 5.41) is 0.621. The summed E-state index contributed by atoms with van der Waals surface area (Å²) in [6.45, 7) is 5.54. The third-order valence-corrected chi connectivity index (χ3v) is 5.56. The molecule has 0 spiro atoms. The van der Waals surface area contributed by atoms with E-state index in [1.54, 1.807) is 29.1 Å². The zero-order valence-electron chi connectivity index (χ0n) is 14.3. The molecular weight excluding hydrogens is 370 g/mol. The van der Waals surface area contributed by atoms with Crippen LogP contribution in [0.1, 0.15) is 13.8 Å². The number of nitrogens with zero attached hydrogens (tertiary/aromatic N) is 5. The minimum atomic E-state index is -0.121. The summed E-state index contributed by atoms with van der Waals surface area (Å²) in [6, 6.07) is 7.20. The monoisotopic (exact) mass is 385 g/mol. The van der Waals surface area contributed by atoms with Gasteiger partial charge in [0.2, 0.25) is 5.95 Å². The van der Waals surface area contributed by atoms with Gasteiger partial charge in [0.05, 0.1) is 5.69 Å². The number of hydrogen-bond donors (Lipinski definition) is 0. The van der Waals surface area contributed by atoms with Crippen molar-refractivity contribution in [3.05, 3.63) is 52.0 Å². The van der Waals surface area contributed by atoms with Crippen LogP contribution in [0.5, 0.6) is 0 Å². The van der Waals surface area contributed by atoms with E-state index < -0.39 is 0 Å². The quantitative estimate of drug-likeness (QED) is 0.533. The summed E-state index contributed by atoms with van der Waals surface area (Å²) in [5.74, 6) is 0.597. The van der Waals surface area contributed by atoms with Crippen LogP contribution in [-0.2, 0) is 0 Å². The highest BCUT2D eigenvalue weighted by molar-refractivity contribution is 7.25. The molecule has 3 aromatic heterocycles. The molecule has 0 aliphatic rings. The lowest BCUT2D eigenvalue weighted by Gasteiger charge is -2.23. The molecule has 0 saturated carbocycles. The smallest absolute Gasteiger partial charge is 0.277 e. The van der Waals surface area contributed by atoms with Crippen molar-refractivity contribution in [2.75, 3.05) is 18.0 Å². The molecule has 1 aromatic carbocycles. The second-order valence-electron chi connectivity index (χ2n) is 5.69. The lowest BCUT2D eigenvalue weighted by atomic mass is 10.3. The molecule has 8 heteroatoms. The molecular formula is C18H16ClN5OS. The van der Waals surface area contributed by atoms with E-state index in [4.69, 9.17) is 16.6 Å². The lowest BCUT2D eigenvalue weighted by Crippen LogP contribution is -2.31. The molecule has 0 fully saturated rings. The molecule has 0 bridgehead atoms. The SMILES string of the molecule is CCN(CC)c1nc2c(sc3nccnc32)c(=O)n1-c1ccc(Cl)cc1. The average molecular weight is 386 g/mol. The summed E-state index contributed by atoms with van der Waals surface area (Å²) in [7, 11) is 0. The maximum atomic E-state index is 13.4. The molecule has 26 heavy (non-hydrogen) atoms. The third-order valence-electron chi connectivity index (χ3n) is 4.24. The van der Waals surface area contributed by atoms with Gasteiger partial charge in [0, 0.05) is 30.5 Å². The zero-order valence-corrected chi connectivity index (χ0v) is 15.9. The van der Waals surface area contributed by atoms with Crippen LogP contribution in [0, 0.1) is 0 Å². The van der Waals surface area contributed by atoms with Gasteiger partial charge >= 0.3 is 0 Å². The number of hydrogen-bond acceptors (Lipinski definition) is 6. The van der Waals surface area contributed by atoms with Gasteiger partial charge in [-0.15, -0.1) is 11.3 Å². The van der Waals surface area contributed by atoms with Crippen molar-refractivity contribution in [3.63, 3.8) is 0 Å². The Morgan fingerprint density at radius 1 is 1.08 bits per heavy atom. The molecule has 4 aromatic rings. The Balaban J connectivity index is 2.12. The fourth-order valence-corrected chi connectivity index (χ4v) is 4.04. The van der Waals surface area contributed by atoms with Crippen molar-refractivity contribution in [1.82, 2.24) is 19.5 Å². The first-order valence-electron chi connectivity index (χ1n) is 8.31. The van der Waals surface area contributed by atoms with E-state index in [9.17, 15) is 4.79 Å². The van der Waals surface area contributed by atoms with Crippen LogP contribution in [0.2, 0.25) is 5.02 Å². The van der Waals surface area contributed by atoms with E-state index in [2.05, 4.69) is 14.9 Å². The maximum Gasteiger partial charge on any atom is 0.277 e. The third kappa shape index (κ3) is 2.64. The molecule has 0 atom stereocenters. The number of fused-ring (bicyclic) bond motifs is 3. The number of halogens is 1. The minimum Gasteiger partial charge on any atom is -0.342 e.